The van der Waals surface area contributed by atoms with Crippen molar-refractivity contribution in [2.45, 2.75) is 40.2 Å². The summed E-state index contributed by atoms with van der Waals surface area (Å²) in [5.74, 6) is 1.31. The number of hydrogen-bond donors (Lipinski definition) is 4. The van der Waals surface area contributed by atoms with Gasteiger partial charge in [-0.1, -0.05) is 20.8 Å². The van der Waals surface area contributed by atoms with Gasteiger partial charge in [0.05, 0.1) is 0 Å². The molecule has 0 aliphatic carbocycles. The zero-order valence-corrected chi connectivity index (χ0v) is 12.8. The number of hydrogen-bond acceptors (Lipinski definition) is 4. The summed E-state index contributed by atoms with van der Waals surface area (Å²) in [5, 5.41) is 10.4. The van der Waals surface area contributed by atoms with Crippen LogP contribution in [0.4, 0.5) is 0 Å². The van der Waals surface area contributed by atoms with Gasteiger partial charge in [-0.25, -0.2) is 0 Å². The first-order valence-corrected chi connectivity index (χ1v) is 7.45. The van der Waals surface area contributed by atoms with E-state index < -0.39 is 0 Å². The normalized spacial score (nSPS) is 16.5. The van der Waals surface area contributed by atoms with Gasteiger partial charge in [-0.2, -0.15) is 0 Å². The molecule has 3 atom stereocenters. The lowest BCUT2D eigenvalue weighted by atomic mass is 10.1. The molecule has 0 aliphatic rings. The van der Waals surface area contributed by atoms with Crippen LogP contribution < -0.4 is 21.7 Å². The molecule has 5 N–H and O–H groups in total. The summed E-state index contributed by atoms with van der Waals surface area (Å²) in [6, 6.07) is 0.529. The SMILES string of the molecule is CCNCC(C)CNCC(C)NCCC(C)CN. The lowest BCUT2D eigenvalue weighted by Gasteiger charge is -2.18. The first-order chi connectivity index (χ1) is 8.60. The van der Waals surface area contributed by atoms with E-state index >= 15 is 0 Å². The molecule has 0 heterocycles. The van der Waals surface area contributed by atoms with Crippen molar-refractivity contribution in [3.63, 3.8) is 0 Å². The highest BCUT2D eigenvalue weighted by Gasteiger charge is 2.04. The van der Waals surface area contributed by atoms with E-state index in [1.807, 2.05) is 0 Å². The maximum absolute atomic E-state index is 5.60. The molecule has 4 nitrogen and oxygen atoms in total. The van der Waals surface area contributed by atoms with E-state index in [9.17, 15) is 0 Å². The Hall–Kier alpha value is -0.160. The lowest BCUT2D eigenvalue weighted by Crippen LogP contribution is -2.39. The van der Waals surface area contributed by atoms with Crippen molar-refractivity contribution in [1.82, 2.24) is 16.0 Å². The predicted molar refractivity (Wildman–Crippen MR) is 80.9 cm³/mol. The Kier molecular flexibility index (Phi) is 11.8. The van der Waals surface area contributed by atoms with Crippen molar-refractivity contribution in [2.24, 2.45) is 17.6 Å². The van der Waals surface area contributed by atoms with E-state index in [4.69, 9.17) is 5.73 Å². The van der Waals surface area contributed by atoms with Gasteiger partial charge in [0.15, 0.2) is 0 Å². The summed E-state index contributed by atoms with van der Waals surface area (Å²) in [4.78, 5) is 0. The molecule has 0 aromatic rings. The number of nitrogens with two attached hydrogens (primary N) is 1. The molecule has 0 fully saturated rings. The van der Waals surface area contributed by atoms with Crippen molar-refractivity contribution >= 4 is 0 Å². The van der Waals surface area contributed by atoms with Crippen LogP contribution in [0.5, 0.6) is 0 Å². The van der Waals surface area contributed by atoms with Gasteiger partial charge in [0.1, 0.15) is 0 Å². The molecule has 0 rings (SSSR count). The van der Waals surface area contributed by atoms with Gasteiger partial charge < -0.3 is 21.7 Å². The molecule has 3 unspecified atom stereocenters. The minimum Gasteiger partial charge on any atom is -0.330 e. The second-order valence-corrected chi connectivity index (χ2v) is 5.56. The molecule has 0 aromatic carbocycles. The van der Waals surface area contributed by atoms with Crippen LogP contribution >= 0.6 is 0 Å². The van der Waals surface area contributed by atoms with Gasteiger partial charge in [0, 0.05) is 12.6 Å². The highest BCUT2D eigenvalue weighted by Crippen LogP contribution is 1.97. The number of rotatable bonds is 12. The zero-order chi connectivity index (χ0) is 13.8. The van der Waals surface area contributed by atoms with Crippen molar-refractivity contribution in [3.05, 3.63) is 0 Å². The van der Waals surface area contributed by atoms with E-state index in [1.165, 1.54) is 0 Å². The Balaban J connectivity index is 3.38. The third-order valence-electron chi connectivity index (χ3n) is 3.22. The van der Waals surface area contributed by atoms with Crippen LogP contribution in [-0.4, -0.2) is 45.3 Å². The second kappa shape index (κ2) is 11.9. The van der Waals surface area contributed by atoms with Gasteiger partial charge in [-0.05, 0) is 57.9 Å². The molecule has 0 saturated carbocycles. The fourth-order valence-corrected chi connectivity index (χ4v) is 1.78. The molecule has 18 heavy (non-hydrogen) atoms. The first-order valence-electron chi connectivity index (χ1n) is 7.45. The van der Waals surface area contributed by atoms with E-state index in [-0.39, 0.29) is 0 Å². The zero-order valence-electron chi connectivity index (χ0n) is 12.8. The van der Waals surface area contributed by atoms with Crippen LogP contribution in [0.15, 0.2) is 0 Å². The molecule has 0 saturated heterocycles. The Morgan fingerprint density at radius 3 is 2.22 bits per heavy atom. The van der Waals surface area contributed by atoms with Gasteiger partial charge in [-0.15, -0.1) is 0 Å². The fourth-order valence-electron chi connectivity index (χ4n) is 1.78. The molecule has 0 radical (unpaired) electrons. The van der Waals surface area contributed by atoms with Crippen LogP contribution in [0.1, 0.15) is 34.1 Å². The molecule has 0 aliphatic heterocycles. The maximum atomic E-state index is 5.60. The molecule has 0 bridgehead atoms. The monoisotopic (exact) mass is 258 g/mol. The van der Waals surface area contributed by atoms with Gasteiger partial charge >= 0.3 is 0 Å². The molecule has 4 heteroatoms. The maximum Gasteiger partial charge on any atom is 0.0164 e. The van der Waals surface area contributed by atoms with Crippen LogP contribution in [0, 0.1) is 11.8 Å². The Morgan fingerprint density at radius 1 is 0.944 bits per heavy atom. The summed E-state index contributed by atoms with van der Waals surface area (Å²) in [5.41, 5.74) is 5.60. The Morgan fingerprint density at radius 2 is 1.61 bits per heavy atom. The molecular formula is C14H34N4. The van der Waals surface area contributed by atoms with E-state index in [1.54, 1.807) is 0 Å². The minimum absolute atomic E-state index is 0.529. The molecular weight excluding hydrogens is 224 g/mol. The molecule has 110 valence electrons. The molecule has 0 amide bonds. The van der Waals surface area contributed by atoms with Crippen molar-refractivity contribution < 1.29 is 0 Å². The Labute approximate surface area is 113 Å². The van der Waals surface area contributed by atoms with Crippen LogP contribution in [-0.2, 0) is 0 Å². The average molecular weight is 258 g/mol. The van der Waals surface area contributed by atoms with E-state index in [0.717, 1.165) is 45.7 Å². The largest absolute Gasteiger partial charge is 0.330 e. The smallest absolute Gasteiger partial charge is 0.0164 e. The summed E-state index contributed by atoms with van der Waals surface area (Å²) in [7, 11) is 0. The second-order valence-electron chi connectivity index (χ2n) is 5.56. The third-order valence-corrected chi connectivity index (χ3v) is 3.22. The lowest BCUT2D eigenvalue weighted by molar-refractivity contribution is 0.428. The van der Waals surface area contributed by atoms with Gasteiger partial charge in [0.2, 0.25) is 0 Å². The summed E-state index contributed by atoms with van der Waals surface area (Å²) < 4.78 is 0. The highest BCUT2D eigenvalue weighted by molar-refractivity contribution is 4.67. The van der Waals surface area contributed by atoms with Crippen molar-refractivity contribution in [2.75, 3.05) is 39.3 Å². The first kappa shape index (κ1) is 17.8. The van der Waals surface area contributed by atoms with Crippen LogP contribution in [0.3, 0.4) is 0 Å². The highest BCUT2D eigenvalue weighted by atomic mass is 15.0. The quantitative estimate of drug-likeness (QED) is 0.418. The van der Waals surface area contributed by atoms with E-state index in [2.05, 4.69) is 43.6 Å². The third kappa shape index (κ3) is 11.0. The fraction of sp³-hybridized carbons (Fsp3) is 1.00. The van der Waals surface area contributed by atoms with E-state index in [0.29, 0.717) is 17.9 Å². The predicted octanol–water partition coefficient (Wildman–Crippen LogP) is 0.785. The number of nitrogens with one attached hydrogen (secondary N) is 3. The van der Waals surface area contributed by atoms with Crippen LogP contribution in [0.2, 0.25) is 0 Å². The van der Waals surface area contributed by atoms with Gasteiger partial charge in [-0.3, -0.25) is 0 Å². The Bertz CT molecular complexity index is 175. The topological polar surface area (TPSA) is 62.1 Å². The minimum atomic E-state index is 0.529. The molecule has 0 aromatic heterocycles. The summed E-state index contributed by atoms with van der Waals surface area (Å²) in [6.45, 7) is 15.0. The van der Waals surface area contributed by atoms with Crippen molar-refractivity contribution in [1.29, 1.82) is 0 Å². The average Bonchev–Trinajstić information content (AvgIpc) is 2.36. The summed E-state index contributed by atoms with van der Waals surface area (Å²) in [6.07, 6.45) is 1.16. The standard InChI is InChI=1S/C14H34N4/c1-5-16-9-13(3)10-17-11-14(4)18-7-6-12(2)8-15/h12-14,16-18H,5-11,15H2,1-4H3. The van der Waals surface area contributed by atoms with Crippen LogP contribution in [0.25, 0.3) is 0 Å². The van der Waals surface area contributed by atoms with Gasteiger partial charge in [0.25, 0.3) is 0 Å². The molecule has 0 spiro atoms. The summed E-state index contributed by atoms with van der Waals surface area (Å²) >= 11 is 0. The van der Waals surface area contributed by atoms with Crippen molar-refractivity contribution in [3.8, 4) is 0 Å².